The molecule has 0 aliphatic carbocycles. The number of carbonyl (C=O) groups excluding carboxylic acids is 1. The Labute approximate surface area is 127 Å². The lowest BCUT2D eigenvalue weighted by molar-refractivity contribution is 0.0949. The zero-order valence-electron chi connectivity index (χ0n) is 11.2. The predicted octanol–water partition coefficient (Wildman–Crippen LogP) is 1.83. The molecule has 1 aromatic carbocycles. The van der Waals surface area contributed by atoms with Crippen molar-refractivity contribution in [2.45, 2.75) is 6.42 Å². The van der Waals surface area contributed by atoms with Gasteiger partial charge in [0.05, 0.1) is 0 Å². The highest BCUT2D eigenvalue weighted by Crippen LogP contribution is 2.06. The lowest BCUT2D eigenvalue weighted by Crippen LogP contribution is -2.26. The highest BCUT2D eigenvalue weighted by molar-refractivity contribution is 7.80. The van der Waals surface area contributed by atoms with Crippen molar-refractivity contribution in [3.8, 4) is 0 Å². The molecule has 2 rings (SSSR count). The van der Waals surface area contributed by atoms with Gasteiger partial charge >= 0.3 is 0 Å². The molecule has 1 aromatic heterocycles. The van der Waals surface area contributed by atoms with Crippen LogP contribution in [0.1, 0.15) is 21.6 Å². The van der Waals surface area contributed by atoms with Crippen LogP contribution in [0.5, 0.6) is 0 Å². The Balaban J connectivity index is 1.90. The number of rotatable bonds is 5. The summed E-state index contributed by atoms with van der Waals surface area (Å²) in [6.07, 6.45) is 1.87. The number of amides is 1. The van der Waals surface area contributed by atoms with Crippen LogP contribution in [0.3, 0.4) is 0 Å². The average molecular weight is 303 g/mol. The van der Waals surface area contributed by atoms with Gasteiger partial charge in [0.15, 0.2) is 0 Å². The molecule has 6 heteroatoms. The number of nitrogens with zero attached hydrogens (tertiary/aromatic N) is 1. The summed E-state index contributed by atoms with van der Waals surface area (Å²) in [5.41, 5.74) is 6.89. The van der Waals surface area contributed by atoms with Crippen molar-refractivity contribution in [2.24, 2.45) is 5.73 Å². The normalized spacial score (nSPS) is 10.1. The SMILES string of the molecule is NC(=S)c1ccc(C(=O)NCCc2ccccc2F)nc1. The third-order valence-corrected chi connectivity index (χ3v) is 3.15. The van der Waals surface area contributed by atoms with Crippen LogP contribution in [-0.4, -0.2) is 22.4 Å². The van der Waals surface area contributed by atoms with Gasteiger partial charge in [-0.05, 0) is 30.2 Å². The van der Waals surface area contributed by atoms with E-state index in [2.05, 4.69) is 10.3 Å². The van der Waals surface area contributed by atoms with E-state index in [1.54, 1.807) is 30.3 Å². The van der Waals surface area contributed by atoms with E-state index < -0.39 is 0 Å². The fourth-order valence-electron chi connectivity index (χ4n) is 1.78. The molecule has 108 valence electrons. The quantitative estimate of drug-likeness (QED) is 0.827. The second-order valence-electron chi connectivity index (χ2n) is 4.39. The van der Waals surface area contributed by atoms with Crippen LogP contribution in [0.15, 0.2) is 42.6 Å². The zero-order chi connectivity index (χ0) is 15.2. The predicted molar refractivity (Wildman–Crippen MR) is 82.6 cm³/mol. The Hall–Kier alpha value is -2.34. The van der Waals surface area contributed by atoms with Gasteiger partial charge in [-0.3, -0.25) is 9.78 Å². The summed E-state index contributed by atoms with van der Waals surface area (Å²) in [7, 11) is 0. The molecule has 1 amide bonds. The van der Waals surface area contributed by atoms with E-state index in [1.165, 1.54) is 12.3 Å². The molecule has 0 bridgehead atoms. The van der Waals surface area contributed by atoms with Crippen molar-refractivity contribution < 1.29 is 9.18 Å². The molecule has 21 heavy (non-hydrogen) atoms. The van der Waals surface area contributed by atoms with E-state index >= 15 is 0 Å². The van der Waals surface area contributed by atoms with Crippen molar-refractivity contribution in [3.05, 3.63) is 65.2 Å². The van der Waals surface area contributed by atoms with Crippen molar-refractivity contribution in [3.63, 3.8) is 0 Å². The van der Waals surface area contributed by atoms with Crippen molar-refractivity contribution >= 4 is 23.1 Å². The Kier molecular flexibility index (Phi) is 4.94. The number of hydrogen-bond acceptors (Lipinski definition) is 3. The molecule has 0 unspecified atom stereocenters. The van der Waals surface area contributed by atoms with Gasteiger partial charge in [-0.15, -0.1) is 0 Å². The lowest BCUT2D eigenvalue weighted by Gasteiger charge is -2.06. The van der Waals surface area contributed by atoms with Crippen LogP contribution < -0.4 is 11.1 Å². The fourth-order valence-corrected chi connectivity index (χ4v) is 1.90. The van der Waals surface area contributed by atoms with Crippen molar-refractivity contribution in [1.82, 2.24) is 10.3 Å². The highest BCUT2D eigenvalue weighted by Gasteiger charge is 2.08. The number of nitrogens with one attached hydrogen (secondary N) is 1. The first-order valence-corrected chi connectivity index (χ1v) is 6.76. The largest absolute Gasteiger partial charge is 0.389 e. The molecule has 3 N–H and O–H groups in total. The topological polar surface area (TPSA) is 68.0 Å². The average Bonchev–Trinajstić information content (AvgIpc) is 2.49. The molecule has 0 fully saturated rings. The first kappa shape index (κ1) is 15.1. The maximum atomic E-state index is 13.4. The fraction of sp³-hybridized carbons (Fsp3) is 0.133. The van der Waals surface area contributed by atoms with Gasteiger partial charge in [0, 0.05) is 18.3 Å². The molecule has 0 saturated heterocycles. The number of benzene rings is 1. The Bertz CT molecular complexity index is 658. The van der Waals surface area contributed by atoms with Crippen LogP contribution in [0, 0.1) is 5.82 Å². The summed E-state index contributed by atoms with van der Waals surface area (Å²) in [5.74, 6) is -0.591. The number of nitrogens with two attached hydrogens (primary N) is 1. The maximum Gasteiger partial charge on any atom is 0.269 e. The first-order chi connectivity index (χ1) is 10.1. The third-order valence-electron chi connectivity index (χ3n) is 2.92. The lowest BCUT2D eigenvalue weighted by atomic mass is 10.1. The molecule has 0 saturated carbocycles. The molecule has 0 atom stereocenters. The summed E-state index contributed by atoms with van der Waals surface area (Å²) in [6, 6.07) is 9.67. The molecule has 4 nitrogen and oxygen atoms in total. The van der Waals surface area contributed by atoms with Crippen LogP contribution in [0.25, 0.3) is 0 Å². The van der Waals surface area contributed by atoms with E-state index in [0.29, 0.717) is 24.1 Å². The van der Waals surface area contributed by atoms with Gasteiger partial charge in [-0.2, -0.15) is 0 Å². The maximum absolute atomic E-state index is 13.4. The Morgan fingerprint density at radius 3 is 2.67 bits per heavy atom. The van der Waals surface area contributed by atoms with Crippen LogP contribution in [0.4, 0.5) is 4.39 Å². The first-order valence-electron chi connectivity index (χ1n) is 6.35. The molecule has 0 aliphatic rings. The molecule has 0 radical (unpaired) electrons. The molecular formula is C15H14FN3OS. The Morgan fingerprint density at radius 2 is 2.05 bits per heavy atom. The van der Waals surface area contributed by atoms with Crippen LogP contribution >= 0.6 is 12.2 Å². The monoisotopic (exact) mass is 303 g/mol. The minimum absolute atomic E-state index is 0.231. The third kappa shape index (κ3) is 4.06. The standard InChI is InChI=1S/C15H14FN3OS/c16-12-4-2-1-3-10(12)7-8-18-15(20)13-6-5-11(9-19-13)14(17)21/h1-6,9H,7-8H2,(H2,17,21)(H,18,20). The number of carbonyl (C=O) groups is 1. The van der Waals surface area contributed by atoms with Crippen LogP contribution in [-0.2, 0) is 6.42 Å². The summed E-state index contributed by atoms with van der Waals surface area (Å²) in [6.45, 7) is 0.332. The molecule has 1 heterocycles. The minimum atomic E-state index is -0.319. The number of hydrogen-bond donors (Lipinski definition) is 2. The second-order valence-corrected chi connectivity index (χ2v) is 4.83. The molecule has 0 aliphatic heterocycles. The van der Waals surface area contributed by atoms with Gasteiger partial charge < -0.3 is 11.1 Å². The number of pyridine rings is 1. The Morgan fingerprint density at radius 1 is 1.29 bits per heavy atom. The number of thiocarbonyl (C=S) groups is 1. The summed E-state index contributed by atoms with van der Waals surface area (Å²) in [4.78, 5) is 16.1. The van der Waals surface area contributed by atoms with Crippen molar-refractivity contribution in [1.29, 1.82) is 0 Å². The van der Waals surface area contributed by atoms with E-state index in [1.807, 2.05) is 0 Å². The van der Waals surface area contributed by atoms with E-state index in [0.717, 1.165) is 0 Å². The second kappa shape index (κ2) is 6.90. The summed E-state index contributed by atoms with van der Waals surface area (Å²) in [5, 5.41) is 2.69. The van der Waals surface area contributed by atoms with Gasteiger partial charge in [-0.1, -0.05) is 30.4 Å². The van der Waals surface area contributed by atoms with E-state index in [4.69, 9.17) is 18.0 Å². The van der Waals surface area contributed by atoms with Gasteiger partial charge in [0.25, 0.3) is 5.91 Å². The summed E-state index contributed by atoms with van der Waals surface area (Å²) >= 11 is 4.81. The molecule has 2 aromatic rings. The number of halogens is 1. The van der Waals surface area contributed by atoms with E-state index in [-0.39, 0.29) is 22.4 Å². The van der Waals surface area contributed by atoms with Gasteiger partial charge in [0.2, 0.25) is 0 Å². The smallest absolute Gasteiger partial charge is 0.269 e. The van der Waals surface area contributed by atoms with Gasteiger partial charge in [0.1, 0.15) is 16.5 Å². The van der Waals surface area contributed by atoms with E-state index in [9.17, 15) is 9.18 Å². The minimum Gasteiger partial charge on any atom is -0.389 e. The zero-order valence-corrected chi connectivity index (χ0v) is 12.0. The molecule has 0 spiro atoms. The highest BCUT2D eigenvalue weighted by atomic mass is 32.1. The van der Waals surface area contributed by atoms with Crippen molar-refractivity contribution in [2.75, 3.05) is 6.54 Å². The van der Waals surface area contributed by atoms with Gasteiger partial charge in [-0.25, -0.2) is 4.39 Å². The molecular weight excluding hydrogens is 289 g/mol. The summed E-state index contributed by atoms with van der Waals surface area (Å²) < 4.78 is 13.4. The number of aromatic nitrogens is 1. The van der Waals surface area contributed by atoms with Crippen LogP contribution in [0.2, 0.25) is 0 Å².